The van der Waals surface area contributed by atoms with Gasteiger partial charge in [-0.15, -0.1) is 0 Å². The van der Waals surface area contributed by atoms with E-state index in [-0.39, 0.29) is 17.2 Å². The first kappa shape index (κ1) is 13.4. The molecule has 1 fully saturated rings. The Bertz CT molecular complexity index is 471. The monoisotopic (exact) mass is 310 g/mol. The molecule has 0 aliphatic heterocycles. The van der Waals surface area contributed by atoms with Gasteiger partial charge in [0.05, 0.1) is 11.4 Å². The molecule has 0 heterocycles. The van der Waals surface area contributed by atoms with Crippen LogP contribution >= 0.6 is 15.9 Å². The highest BCUT2D eigenvalue weighted by molar-refractivity contribution is 9.10. The van der Waals surface area contributed by atoms with E-state index < -0.39 is 0 Å². The second-order valence-electron chi connectivity index (χ2n) is 5.65. The second kappa shape index (κ2) is 4.92. The smallest absolute Gasteiger partial charge is 0.228 e. The molecule has 3 N–H and O–H groups in total. The summed E-state index contributed by atoms with van der Waals surface area (Å²) in [5.41, 5.74) is 7.27. The summed E-state index contributed by atoms with van der Waals surface area (Å²) in [5.74, 6) is 0.173. The maximum atomic E-state index is 12.3. The fourth-order valence-electron chi connectivity index (χ4n) is 2.68. The zero-order valence-electron chi connectivity index (χ0n) is 10.8. The SMILES string of the molecule is CC1(C)CCCC1C(=O)Nc1ccc(Br)cc1N. The van der Waals surface area contributed by atoms with E-state index in [2.05, 4.69) is 35.1 Å². The molecule has 1 aromatic carbocycles. The van der Waals surface area contributed by atoms with Crippen molar-refractivity contribution in [2.75, 3.05) is 11.1 Å². The number of carbonyl (C=O) groups excluding carboxylic acids is 1. The van der Waals surface area contributed by atoms with E-state index in [4.69, 9.17) is 5.73 Å². The van der Waals surface area contributed by atoms with E-state index in [1.807, 2.05) is 12.1 Å². The summed E-state index contributed by atoms with van der Waals surface area (Å²) in [5, 5.41) is 2.95. The second-order valence-corrected chi connectivity index (χ2v) is 6.57. The van der Waals surface area contributed by atoms with Crippen molar-refractivity contribution in [2.24, 2.45) is 11.3 Å². The van der Waals surface area contributed by atoms with Gasteiger partial charge in [0.1, 0.15) is 0 Å². The summed E-state index contributed by atoms with van der Waals surface area (Å²) < 4.78 is 0.916. The number of halogens is 1. The molecular formula is C14H19BrN2O. The summed E-state index contributed by atoms with van der Waals surface area (Å²) >= 11 is 3.35. The number of benzene rings is 1. The number of nitrogen functional groups attached to an aromatic ring is 1. The van der Waals surface area contributed by atoms with Crippen LogP contribution in [0.15, 0.2) is 22.7 Å². The Kier molecular flexibility index (Phi) is 3.66. The fraction of sp³-hybridized carbons (Fsp3) is 0.500. The summed E-state index contributed by atoms with van der Waals surface area (Å²) in [4.78, 5) is 12.3. The molecule has 0 aromatic heterocycles. The van der Waals surface area contributed by atoms with Gasteiger partial charge in [0.25, 0.3) is 0 Å². The average Bonchev–Trinajstić information content (AvgIpc) is 2.62. The molecule has 0 bridgehead atoms. The molecule has 1 aromatic rings. The van der Waals surface area contributed by atoms with E-state index >= 15 is 0 Å². The molecule has 2 rings (SSSR count). The Hall–Kier alpha value is -1.03. The minimum Gasteiger partial charge on any atom is -0.397 e. The number of rotatable bonds is 2. The summed E-state index contributed by atoms with van der Waals surface area (Å²) in [6.45, 7) is 4.32. The third-order valence-electron chi connectivity index (χ3n) is 3.85. The first-order valence-corrected chi connectivity index (χ1v) is 7.05. The van der Waals surface area contributed by atoms with Crippen LogP contribution in [0, 0.1) is 11.3 Å². The Morgan fingerprint density at radius 2 is 2.22 bits per heavy atom. The number of hydrogen-bond acceptors (Lipinski definition) is 2. The van der Waals surface area contributed by atoms with Gasteiger partial charge in [-0.3, -0.25) is 4.79 Å². The lowest BCUT2D eigenvalue weighted by Gasteiger charge is -2.26. The standard InChI is InChI=1S/C14H19BrN2O/c1-14(2)7-3-4-10(14)13(18)17-12-6-5-9(15)8-11(12)16/h5-6,8,10H,3-4,7,16H2,1-2H3,(H,17,18). The van der Waals surface area contributed by atoms with Crippen LogP contribution in [0.3, 0.4) is 0 Å². The molecule has 0 radical (unpaired) electrons. The van der Waals surface area contributed by atoms with Crippen molar-refractivity contribution in [1.82, 2.24) is 0 Å². The molecule has 1 saturated carbocycles. The van der Waals surface area contributed by atoms with Crippen molar-refractivity contribution in [3.8, 4) is 0 Å². The van der Waals surface area contributed by atoms with Crippen LogP contribution in [0.4, 0.5) is 11.4 Å². The quantitative estimate of drug-likeness (QED) is 0.816. The molecule has 0 saturated heterocycles. The zero-order valence-corrected chi connectivity index (χ0v) is 12.4. The molecule has 1 unspecified atom stereocenters. The Balaban J connectivity index is 2.12. The highest BCUT2D eigenvalue weighted by Gasteiger charge is 2.39. The fourth-order valence-corrected chi connectivity index (χ4v) is 3.06. The van der Waals surface area contributed by atoms with Gasteiger partial charge in [-0.2, -0.15) is 0 Å². The van der Waals surface area contributed by atoms with E-state index in [1.165, 1.54) is 0 Å². The van der Waals surface area contributed by atoms with Crippen LogP contribution in [0.2, 0.25) is 0 Å². The number of nitrogens with one attached hydrogen (secondary N) is 1. The molecule has 1 aliphatic carbocycles. The summed E-state index contributed by atoms with van der Waals surface area (Å²) in [6, 6.07) is 5.51. The van der Waals surface area contributed by atoms with Crippen LogP contribution in [-0.4, -0.2) is 5.91 Å². The summed E-state index contributed by atoms with van der Waals surface area (Å²) in [7, 11) is 0. The Labute approximate surface area is 116 Å². The Morgan fingerprint density at radius 1 is 1.50 bits per heavy atom. The number of nitrogens with two attached hydrogens (primary N) is 1. The van der Waals surface area contributed by atoms with E-state index in [0.29, 0.717) is 11.4 Å². The lowest BCUT2D eigenvalue weighted by Crippen LogP contribution is -2.31. The van der Waals surface area contributed by atoms with E-state index in [1.54, 1.807) is 6.07 Å². The molecule has 0 spiro atoms. The van der Waals surface area contributed by atoms with Crippen LogP contribution in [0.25, 0.3) is 0 Å². The van der Waals surface area contributed by atoms with Gasteiger partial charge in [0.2, 0.25) is 5.91 Å². The van der Waals surface area contributed by atoms with E-state index in [0.717, 1.165) is 23.7 Å². The molecule has 1 atom stereocenters. The molecule has 18 heavy (non-hydrogen) atoms. The minimum absolute atomic E-state index is 0.0838. The van der Waals surface area contributed by atoms with Gasteiger partial charge in [-0.25, -0.2) is 0 Å². The van der Waals surface area contributed by atoms with Crippen LogP contribution in [-0.2, 0) is 4.79 Å². The molecule has 1 amide bonds. The molecular weight excluding hydrogens is 292 g/mol. The first-order valence-electron chi connectivity index (χ1n) is 6.26. The number of amides is 1. The molecule has 4 heteroatoms. The van der Waals surface area contributed by atoms with Crippen LogP contribution in [0.1, 0.15) is 33.1 Å². The topological polar surface area (TPSA) is 55.1 Å². The number of hydrogen-bond donors (Lipinski definition) is 2. The van der Waals surface area contributed by atoms with Gasteiger partial charge in [-0.05, 0) is 36.5 Å². The van der Waals surface area contributed by atoms with Gasteiger partial charge in [0.15, 0.2) is 0 Å². The van der Waals surface area contributed by atoms with Crippen LogP contribution in [0.5, 0.6) is 0 Å². The third kappa shape index (κ3) is 2.69. The van der Waals surface area contributed by atoms with Crippen molar-refractivity contribution in [2.45, 2.75) is 33.1 Å². The van der Waals surface area contributed by atoms with Gasteiger partial charge < -0.3 is 11.1 Å². The maximum absolute atomic E-state index is 12.3. The zero-order chi connectivity index (χ0) is 13.3. The van der Waals surface area contributed by atoms with Crippen molar-refractivity contribution >= 4 is 33.2 Å². The lowest BCUT2D eigenvalue weighted by molar-refractivity contribution is -0.122. The van der Waals surface area contributed by atoms with Crippen molar-refractivity contribution in [3.63, 3.8) is 0 Å². The summed E-state index contributed by atoms with van der Waals surface area (Å²) in [6.07, 6.45) is 3.21. The largest absolute Gasteiger partial charge is 0.397 e. The predicted molar refractivity (Wildman–Crippen MR) is 78.3 cm³/mol. The predicted octanol–water partition coefficient (Wildman–Crippen LogP) is 3.80. The molecule has 3 nitrogen and oxygen atoms in total. The van der Waals surface area contributed by atoms with Crippen LogP contribution < -0.4 is 11.1 Å². The number of carbonyl (C=O) groups is 1. The Morgan fingerprint density at radius 3 is 2.78 bits per heavy atom. The number of anilines is 2. The molecule has 1 aliphatic rings. The third-order valence-corrected chi connectivity index (χ3v) is 4.34. The highest BCUT2D eigenvalue weighted by atomic mass is 79.9. The van der Waals surface area contributed by atoms with Gasteiger partial charge in [0, 0.05) is 10.4 Å². The van der Waals surface area contributed by atoms with Gasteiger partial charge >= 0.3 is 0 Å². The molecule has 98 valence electrons. The first-order chi connectivity index (χ1) is 8.40. The normalized spacial score (nSPS) is 21.8. The van der Waals surface area contributed by atoms with Gasteiger partial charge in [-0.1, -0.05) is 36.2 Å². The highest BCUT2D eigenvalue weighted by Crippen LogP contribution is 2.43. The average molecular weight is 311 g/mol. The minimum atomic E-state index is 0.0838. The van der Waals surface area contributed by atoms with E-state index in [9.17, 15) is 4.79 Å². The maximum Gasteiger partial charge on any atom is 0.228 e. The van der Waals surface area contributed by atoms with Crippen molar-refractivity contribution < 1.29 is 4.79 Å². The van der Waals surface area contributed by atoms with Crippen molar-refractivity contribution in [1.29, 1.82) is 0 Å². The lowest BCUT2D eigenvalue weighted by atomic mass is 9.81. The van der Waals surface area contributed by atoms with Crippen molar-refractivity contribution in [3.05, 3.63) is 22.7 Å².